The van der Waals surface area contributed by atoms with Crippen LogP contribution in [0.2, 0.25) is 0 Å². The fourth-order valence-corrected chi connectivity index (χ4v) is 4.68. The number of thiazole rings is 1. The molecule has 0 saturated carbocycles. The number of aromatic nitrogens is 2. The van der Waals surface area contributed by atoms with E-state index in [4.69, 9.17) is 14.2 Å². The van der Waals surface area contributed by atoms with Crippen LogP contribution in [0.3, 0.4) is 0 Å². The van der Waals surface area contributed by atoms with Gasteiger partial charge in [-0.2, -0.15) is 0 Å². The van der Waals surface area contributed by atoms with Crippen LogP contribution in [0, 0.1) is 5.92 Å². The first-order chi connectivity index (χ1) is 16.6. The first kappa shape index (κ1) is 22.0. The van der Waals surface area contributed by atoms with Crippen molar-refractivity contribution < 1.29 is 14.2 Å². The molecule has 0 aliphatic rings. The molecule has 0 radical (unpaired) electrons. The number of hydrogen-bond donors (Lipinski definition) is 0. The minimum atomic E-state index is -0.0692. The second-order valence-corrected chi connectivity index (χ2v) is 9.09. The van der Waals surface area contributed by atoms with E-state index in [-0.39, 0.29) is 11.5 Å². The number of fused-ring (bicyclic) bond motifs is 3. The van der Waals surface area contributed by atoms with Crippen molar-refractivity contribution in [3.05, 3.63) is 93.2 Å². The highest BCUT2D eigenvalue weighted by molar-refractivity contribution is 7.15. The number of rotatable bonds is 8. The molecule has 5 aromatic rings. The molecule has 0 spiro atoms. The van der Waals surface area contributed by atoms with Gasteiger partial charge in [0.15, 0.2) is 16.5 Å². The molecular formula is C27H24N2O4S. The number of para-hydroxylation sites is 3. The highest BCUT2D eigenvalue weighted by atomic mass is 32.1. The third-order valence-corrected chi connectivity index (χ3v) is 6.40. The molecule has 0 saturated heterocycles. The number of nitrogens with zero attached hydrogens (tertiary/aromatic N) is 2. The Morgan fingerprint density at radius 3 is 2.56 bits per heavy atom. The second-order valence-electron chi connectivity index (χ2n) is 8.08. The van der Waals surface area contributed by atoms with Crippen LogP contribution in [-0.2, 0) is 0 Å². The highest BCUT2D eigenvalue weighted by Crippen LogP contribution is 2.29. The van der Waals surface area contributed by atoms with Crippen LogP contribution in [0.1, 0.15) is 12.5 Å². The third kappa shape index (κ3) is 4.47. The van der Waals surface area contributed by atoms with Gasteiger partial charge in [-0.05, 0) is 48.0 Å². The van der Waals surface area contributed by atoms with Crippen molar-refractivity contribution in [2.45, 2.75) is 6.92 Å². The molecule has 2 heterocycles. The number of methoxy groups -OCH3 is 1. The molecule has 0 fully saturated rings. The van der Waals surface area contributed by atoms with E-state index >= 15 is 0 Å². The number of benzene rings is 3. The molecule has 0 aliphatic heterocycles. The third-order valence-electron chi connectivity index (χ3n) is 5.43. The maximum absolute atomic E-state index is 13.0. The number of hydrogen-bond acceptors (Lipinski definition) is 6. The summed E-state index contributed by atoms with van der Waals surface area (Å²) in [6, 6.07) is 23.1. The average Bonchev–Trinajstić information content (AvgIpc) is 3.38. The summed E-state index contributed by atoms with van der Waals surface area (Å²) < 4.78 is 19.6. The summed E-state index contributed by atoms with van der Waals surface area (Å²) in [7, 11) is 1.61. The lowest BCUT2D eigenvalue weighted by Crippen LogP contribution is -2.22. The molecule has 0 bridgehead atoms. The second kappa shape index (κ2) is 9.57. The maximum Gasteiger partial charge on any atom is 0.274 e. The fraction of sp³-hybridized carbons (Fsp3) is 0.185. The predicted octanol–water partition coefficient (Wildman–Crippen LogP) is 4.56. The minimum absolute atomic E-state index is 0.0692. The van der Waals surface area contributed by atoms with Gasteiger partial charge in [0.2, 0.25) is 0 Å². The fourth-order valence-electron chi connectivity index (χ4n) is 3.69. The van der Waals surface area contributed by atoms with Gasteiger partial charge in [-0.25, -0.2) is 9.38 Å². The molecule has 0 unspecified atom stereocenters. The summed E-state index contributed by atoms with van der Waals surface area (Å²) in [5, 5.41) is 0. The van der Waals surface area contributed by atoms with Gasteiger partial charge in [0.05, 0.1) is 35.9 Å². The van der Waals surface area contributed by atoms with E-state index in [1.807, 2.05) is 78.9 Å². The molecule has 5 rings (SSSR count). The van der Waals surface area contributed by atoms with Gasteiger partial charge in [0.25, 0.3) is 5.56 Å². The first-order valence-electron chi connectivity index (χ1n) is 11.0. The van der Waals surface area contributed by atoms with Crippen LogP contribution >= 0.6 is 11.3 Å². The summed E-state index contributed by atoms with van der Waals surface area (Å²) >= 11 is 1.38. The summed E-state index contributed by atoms with van der Waals surface area (Å²) in [6.45, 7) is 3.12. The molecule has 34 heavy (non-hydrogen) atoms. The van der Waals surface area contributed by atoms with Gasteiger partial charge >= 0.3 is 0 Å². The van der Waals surface area contributed by atoms with Crippen LogP contribution in [0.15, 0.2) is 77.6 Å². The highest BCUT2D eigenvalue weighted by Gasteiger charge is 2.12. The largest absolute Gasteiger partial charge is 0.493 e. The molecule has 0 amide bonds. The lowest BCUT2D eigenvalue weighted by molar-refractivity contribution is 0.184. The molecule has 172 valence electrons. The zero-order valence-electron chi connectivity index (χ0n) is 18.9. The Morgan fingerprint density at radius 2 is 1.74 bits per heavy atom. The lowest BCUT2D eigenvalue weighted by atomic mass is 10.2. The maximum atomic E-state index is 13.0. The van der Waals surface area contributed by atoms with Crippen molar-refractivity contribution in [2.24, 2.45) is 5.92 Å². The van der Waals surface area contributed by atoms with Crippen molar-refractivity contribution in [1.29, 1.82) is 0 Å². The molecule has 3 aromatic carbocycles. The Hall–Kier alpha value is -3.84. The Morgan fingerprint density at radius 1 is 0.971 bits per heavy atom. The van der Waals surface area contributed by atoms with Crippen molar-refractivity contribution in [3.8, 4) is 17.2 Å². The summed E-state index contributed by atoms with van der Waals surface area (Å²) in [6.07, 6.45) is 1.86. The normalized spacial score (nSPS) is 12.8. The van der Waals surface area contributed by atoms with Gasteiger partial charge in [0, 0.05) is 5.92 Å². The van der Waals surface area contributed by atoms with Crippen LogP contribution in [0.4, 0.5) is 0 Å². The molecule has 1 atom stereocenters. The zero-order valence-corrected chi connectivity index (χ0v) is 19.7. The average molecular weight is 473 g/mol. The number of ether oxygens (including phenoxy) is 3. The quantitative estimate of drug-likeness (QED) is 0.331. The van der Waals surface area contributed by atoms with Gasteiger partial charge in [-0.3, -0.25) is 4.79 Å². The zero-order chi connectivity index (χ0) is 23.5. The van der Waals surface area contributed by atoms with E-state index in [0.717, 1.165) is 22.3 Å². The SMILES string of the molecule is COc1cc(C=c2sc3nc4ccccc4n3c2=O)ccc1OC[C@@H](C)COc1ccccc1. The Bertz CT molecular complexity index is 1540. The van der Waals surface area contributed by atoms with Crippen molar-refractivity contribution in [2.75, 3.05) is 20.3 Å². The predicted molar refractivity (Wildman–Crippen MR) is 135 cm³/mol. The van der Waals surface area contributed by atoms with Gasteiger partial charge in [0.1, 0.15) is 5.75 Å². The Kier molecular flexibility index (Phi) is 6.18. The summed E-state index contributed by atoms with van der Waals surface area (Å²) in [5.41, 5.74) is 2.44. The molecule has 6 nitrogen and oxygen atoms in total. The molecular weight excluding hydrogens is 448 g/mol. The minimum Gasteiger partial charge on any atom is -0.493 e. The van der Waals surface area contributed by atoms with E-state index in [2.05, 4.69) is 11.9 Å². The van der Waals surface area contributed by atoms with E-state index in [1.54, 1.807) is 11.5 Å². The van der Waals surface area contributed by atoms with Crippen LogP contribution in [-0.4, -0.2) is 29.7 Å². The summed E-state index contributed by atoms with van der Waals surface area (Å²) in [4.78, 5) is 18.3. The molecule has 7 heteroatoms. The first-order valence-corrected chi connectivity index (χ1v) is 11.8. The standard InChI is InChI=1S/C27H24N2O4S/c1-18(16-32-20-8-4-3-5-9-20)17-33-23-13-12-19(14-24(23)31-2)15-25-26(30)29-22-11-7-6-10-21(22)28-27(29)34-25/h3-15,18H,16-17H2,1-2H3/t18-/m0/s1. The smallest absolute Gasteiger partial charge is 0.274 e. The summed E-state index contributed by atoms with van der Waals surface area (Å²) in [5.74, 6) is 2.31. The van der Waals surface area contributed by atoms with Crippen molar-refractivity contribution in [1.82, 2.24) is 9.38 Å². The molecule has 2 aromatic heterocycles. The number of imidazole rings is 1. The van der Waals surface area contributed by atoms with E-state index in [9.17, 15) is 4.79 Å². The van der Waals surface area contributed by atoms with Gasteiger partial charge in [-0.15, -0.1) is 0 Å². The van der Waals surface area contributed by atoms with Crippen molar-refractivity contribution in [3.63, 3.8) is 0 Å². The molecule has 0 N–H and O–H groups in total. The lowest BCUT2D eigenvalue weighted by Gasteiger charge is -2.16. The van der Waals surface area contributed by atoms with E-state index in [1.165, 1.54) is 11.3 Å². The van der Waals surface area contributed by atoms with Crippen LogP contribution < -0.4 is 24.3 Å². The van der Waals surface area contributed by atoms with Crippen LogP contribution in [0.25, 0.3) is 22.1 Å². The monoisotopic (exact) mass is 472 g/mol. The molecule has 0 aliphatic carbocycles. The van der Waals surface area contributed by atoms with E-state index < -0.39 is 0 Å². The van der Waals surface area contributed by atoms with E-state index in [0.29, 0.717) is 34.2 Å². The Labute approximate surface area is 200 Å². The van der Waals surface area contributed by atoms with Gasteiger partial charge < -0.3 is 14.2 Å². The van der Waals surface area contributed by atoms with Crippen LogP contribution in [0.5, 0.6) is 17.2 Å². The topological polar surface area (TPSA) is 62.1 Å². The Balaban J connectivity index is 1.32. The van der Waals surface area contributed by atoms with Gasteiger partial charge in [-0.1, -0.05) is 54.7 Å². The van der Waals surface area contributed by atoms with Crippen molar-refractivity contribution >= 4 is 33.4 Å².